The lowest BCUT2D eigenvalue weighted by Gasteiger charge is -2.14. The van der Waals surface area contributed by atoms with Crippen molar-refractivity contribution in [1.82, 2.24) is 10.6 Å². The molecule has 2 N–H and O–H groups in total. The van der Waals surface area contributed by atoms with Crippen LogP contribution in [0.2, 0.25) is 10.0 Å². The monoisotopic (exact) mass is 408 g/mol. The van der Waals surface area contributed by atoms with E-state index in [1.165, 1.54) is 25.1 Å². The number of rotatable bonds is 7. The van der Waals surface area contributed by atoms with Gasteiger partial charge in [-0.25, -0.2) is 0 Å². The molecule has 0 aliphatic rings. The average Bonchev–Trinajstić information content (AvgIpc) is 2.67. The molecule has 0 radical (unpaired) electrons. The number of amides is 2. The lowest BCUT2D eigenvalue weighted by atomic mass is 10.2. The number of esters is 1. The summed E-state index contributed by atoms with van der Waals surface area (Å²) in [5.74, 6) is -1.67. The number of halogens is 2. The second kappa shape index (κ2) is 9.94. The van der Waals surface area contributed by atoms with E-state index in [4.69, 9.17) is 27.9 Å². The Bertz CT molecular complexity index is 828. The van der Waals surface area contributed by atoms with Gasteiger partial charge in [-0.2, -0.15) is 0 Å². The van der Waals surface area contributed by atoms with Crippen molar-refractivity contribution in [3.8, 4) is 0 Å². The SMILES string of the molecule is C[C@H](OC(=O)CNC(=O)c1ccc(Cl)c(Cl)c1)C(=O)NCc1ccccc1. The molecule has 6 nitrogen and oxygen atoms in total. The van der Waals surface area contributed by atoms with E-state index in [-0.39, 0.29) is 17.1 Å². The number of nitrogens with one attached hydrogen (secondary N) is 2. The third-order valence-electron chi connectivity index (χ3n) is 3.56. The van der Waals surface area contributed by atoms with Gasteiger partial charge >= 0.3 is 5.97 Å². The Morgan fingerprint density at radius 3 is 2.37 bits per heavy atom. The molecular weight excluding hydrogens is 391 g/mol. The third-order valence-corrected chi connectivity index (χ3v) is 4.30. The van der Waals surface area contributed by atoms with Crippen LogP contribution >= 0.6 is 23.2 Å². The van der Waals surface area contributed by atoms with Crippen LogP contribution in [0.4, 0.5) is 0 Å². The largest absolute Gasteiger partial charge is 0.451 e. The summed E-state index contributed by atoms with van der Waals surface area (Å²) in [5.41, 5.74) is 1.18. The van der Waals surface area contributed by atoms with E-state index in [1.54, 1.807) is 0 Å². The van der Waals surface area contributed by atoms with Gasteiger partial charge in [0.25, 0.3) is 11.8 Å². The van der Waals surface area contributed by atoms with Crippen LogP contribution in [-0.2, 0) is 20.9 Å². The van der Waals surface area contributed by atoms with Crippen LogP contribution in [0.5, 0.6) is 0 Å². The molecule has 0 fully saturated rings. The third kappa shape index (κ3) is 6.58. The first-order valence-electron chi connectivity index (χ1n) is 8.11. The van der Waals surface area contributed by atoms with Gasteiger partial charge in [0, 0.05) is 12.1 Å². The van der Waals surface area contributed by atoms with Gasteiger partial charge in [0.15, 0.2) is 6.10 Å². The molecule has 2 aromatic carbocycles. The van der Waals surface area contributed by atoms with Crippen LogP contribution in [0.3, 0.4) is 0 Å². The summed E-state index contributed by atoms with van der Waals surface area (Å²) in [4.78, 5) is 35.8. The van der Waals surface area contributed by atoms with Crippen LogP contribution in [0.1, 0.15) is 22.8 Å². The van der Waals surface area contributed by atoms with Gasteiger partial charge in [0.05, 0.1) is 10.0 Å². The highest BCUT2D eigenvalue weighted by molar-refractivity contribution is 6.42. The second-order valence-corrected chi connectivity index (χ2v) is 6.46. The minimum atomic E-state index is -0.983. The number of hydrogen-bond donors (Lipinski definition) is 2. The van der Waals surface area contributed by atoms with Crippen LogP contribution in [-0.4, -0.2) is 30.4 Å². The molecule has 1 atom stereocenters. The molecule has 0 bridgehead atoms. The Hall–Kier alpha value is -2.57. The first-order valence-corrected chi connectivity index (χ1v) is 8.87. The molecule has 142 valence electrons. The number of carbonyl (C=O) groups is 3. The second-order valence-electron chi connectivity index (χ2n) is 5.65. The number of hydrogen-bond acceptors (Lipinski definition) is 4. The molecule has 2 rings (SSSR count). The fourth-order valence-electron chi connectivity index (χ4n) is 2.11. The summed E-state index contributed by atoms with van der Waals surface area (Å²) >= 11 is 11.6. The van der Waals surface area contributed by atoms with Gasteiger partial charge in [-0.15, -0.1) is 0 Å². The Morgan fingerprint density at radius 1 is 1.00 bits per heavy atom. The molecule has 8 heteroatoms. The van der Waals surface area contributed by atoms with Gasteiger partial charge in [-0.1, -0.05) is 53.5 Å². The number of ether oxygens (including phenoxy) is 1. The Labute approximate surface area is 166 Å². The lowest BCUT2D eigenvalue weighted by molar-refractivity contribution is -0.153. The zero-order valence-corrected chi connectivity index (χ0v) is 16.0. The quantitative estimate of drug-likeness (QED) is 0.689. The van der Waals surface area contributed by atoms with Crippen molar-refractivity contribution in [2.45, 2.75) is 19.6 Å². The molecular formula is C19H18Cl2N2O4. The molecule has 0 aromatic heterocycles. The highest BCUT2D eigenvalue weighted by Gasteiger charge is 2.18. The van der Waals surface area contributed by atoms with Crippen LogP contribution in [0.25, 0.3) is 0 Å². The van der Waals surface area contributed by atoms with E-state index in [0.29, 0.717) is 11.6 Å². The summed E-state index contributed by atoms with van der Waals surface area (Å²) in [6, 6.07) is 13.7. The van der Waals surface area contributed by atoms with E-state index in [2.05, 4.69) is 10.6 Å². The molecule has 0 saturated heterocycles. The lowest BCUT2D eigenvalue weighted by Crippen LogP contribution is -2.38. The predicted octanol–water partition coefficient (Wildman–Crippen LogP) is 2.97. The summed E-state index contributed by atoms with van der Waals surface area (Å²) in [6.07, 6.45) is -0.983. The maximum Gasteiger partial charge on any atom is 0.326 e. The van der Waals surface area contributed by atoms with Crippen molar-refractivity contribution in [3.63, 3.8) is 0 Å². The summed E-state index contributed by atoms with van der Waals surface area (Å²) in [6.45, 7) is 1.41. The van der Waals surface area contributed by atoms with Gasteiger partial charge in [-0.3, -0.25) is 14.4 Å². The van der Waals surface area contributed by atoms with Crippen molar-refractivity contribution in [3.05, 3.63) is 69.7 Å². The van der Waals surface area contributed by atoms with Gasteiger partial charge in [-0.05, 0) is 30.7 Å². The zero-order chi connectivity index (χ0) is 19.8. The van der Waals surface area contributed by atoms with Gasteiger partial charge < -0.3 is 15.4 Å². The van der Waals surface area contributed by atoms with E-state index in [9.17, 15) is 14.4 Å². The van der Waals surface area contributed by atoms with Crippen LogP contribution < -0.4 is 10.6 Å². The molecule has 0 unspecified atom stereocenters. The molecule has 0 spiro atoms. The van der Waals surface area contributed by atoms with Crippen molar-refractivity contribution in [2.24, 2.45) is 0 Å². The normalized spacial score (nSPS) is 11.4. The maximum atomic E-state index is 12.0. The molecule has 0 aliphatic heterocycles. The minimum Gasteiger partial charge on any atom is -0.451 e. The standard InChI is InChI=1S/C19H18Cl2N2O4/c1-12(18(25)22-10-13-5-3-2-4-6-13)27-17(24)11-23-19(26)14-7-8-15(20)16(21)9-14/h2-9,12H,10-11H2,1H3,(H,22,25)(H,23,26)/t12-/m0/s1. The van der Waals surface area contributed by atoms with Crippen LogP contribution in [0, 0.1) is 0 Å². The molecule has 27 heavy (non-hydrogen) atoms. The molecule has 2 amide bonds. The molecule has 0 heterocycles. The maximum absolute atomic E-state index is 12.0. The molecule has 2 aromatic rings. The summed E-state index contributed by atoms with van der Waals surface area (Å²) < 4.78 is 5.02. The first kappa shape index (κ1) is 20.7. The van der Waals surface area contributed by atoms with Gasteiger partial charge in [0.1, 0.15) is 6.54 Å². The smallest absolute Gasteiger partial charge is 0.326 e. The highest BCUT2D eigenvalue weighted by Crippen LogP contribution is 2.22. The first-order chi connectivity index (χ1) is 12.9. The predicted molar refractivity (Wildman–Crippen MR) is 103 cm³/mol. The number of carbonyl (C=O) groups excluding carboxylic acids is 3. The van der Waals surface area contributed by atoms with Crippen molar-refractivity contribution in [2.75, 3.05) is 6.54 Å². The van der Waals surface area contributed by atoms with E-state index < -0.39 is 23.9 Å². The average molecular weight is 409 g/mol. The van der Waals surface area contributed by atoms with Crippen molar-refractivity contribution >= 4 is 41.0 Å². The fourth-order valence-corrected chi connectivity index (χ4v) is 2.41. The zero-order valence-electron chi connectivity index (χ0n) is 14.5. The fraction of sp³-hybridized carbons (Fsp3) is 0.211. The summed E-state index contributed by atoms with van der Waals surface area (Å²) in [5, 5.41) is 5.63. The Morgan fingerprint density at radius 2 is 1.70 bits per heavy atom. The van der Waals surface area contributed by atoms with Crippen molar-refractivity contribution < 1.29 is 19.1 Å². The summed E-state index contributed by atoms with van der Waals surface area (Å²) in [7, 11) is 0. The van der Waals surface area contributed by atoms with Gasteiger partial charge in [0.2, 0.25) is 0 Å². The molecule has 0 saturated carbocycles. The van der Waals surface area contributed by atoms with E-state index in [0.717, 1.165) is 5.56 Å². The van der Waals surface area contributed by atoms with E-state index >= 15 is 0 Å². The topological polar surface area (TPSA) is 84.5 Å². The van der Waals surface area contributed by atoms with E-state index in [1.807, 2.05) is 30.3 Å². The van der Waals surface area contributed by atoms with Crippen LogP contribution in [0.15, 0.2) is 48.5 Å². The Balaban J connectivity index is 1.76. The molecule has 0 aliphatic carbocycles. The highest BCUT2D eigenvalue weighted by atomic mass is 35.5. The van der Waals surface area contributed by atoms with Crippen molar-refractivity contribution in [1.29, 1.82) is 0 Å². The minimum absolute atomic E-state index is 0.232. The Kier molecular flexibility index (Phi) is 7.64. The number of benzene rings is 2.